The predicted octanol–water partition coefficient (Wildman–Crippen LogP) is 5.89. The number of nitrogens with two attached hydrogens (primary N) is 2. The van der Waals surface area contributed by atoms with Crippen molar-refractivity contribution in [3.8, 4) is 11.1 Å². The van der Waals surface area contributed by atoms with Crippen LogP contribution in [0.2, 0.25) is 0 Å². The van der Waals surface area contributed by atoms with Gasteiger partial charge >= 0.3 is 0 Å². The van der Waals surface area contributed by atoms with Gasteiger partial charge in [0.15, 0.2) is 0 Å². The molecule has 0 atom stereocenters. The van der Waals surface area contributed by atoms with Gasteiger partial charge in [-0.1, -0.05) is 78.9 Å². The molecule has 0 bridgehead atoms. The Morgan fingerprint density at radius 1 is 0.552 bits per heavy atom. The highest BCUT2D eigenvalue weighted by atomic mass is 14.6. The van der Waals surface area contributed by atoms with Crippen molar-refractivity contribution >= 4 is 11.4 Å². The Labute approximate surface area is 172 Å². The molecule has 0 heterocycles. The third-order valence-corrected chi connectivity index (χ3v) is 5.27. The summed E-state index contributed by atoms with van der Waals surface area (Å²) < 4.78 is 0. The maximum Gasteiger partial charge on any atom is 0.0396 e. The van der Waals surface area contributed by atoms with Crippen molar-refractivity contribution in [1.29, 1.82) is 0 Å². The average molecular weight is 379 g/mol. The van der Waals surface area contributed by atoms with E-state index >= 15 is 0 Å². The van der Waals surface area contributed by atoms with Crippen LogP contribution in [0.15, 0.2) is 97.1 Å². The molecule has 2 nitrogen and oxygen atoms in total. The summed E-state index contributed by atoms with van der Waals surface area (Å²) in [5.41, 5.74) is 21.5. The van der Waals surface area contributed by atoms with Gasteiger partial charge in [-0.3, -0.25) is 0 Å². The van der Waals surface area contributed by atoms with Gasteiger partial charge in [0.25, 0.3) is 0 Å². The molecule has 0 saturated carbocycles. The minimum absolute atomic E-state index is 0.777. The summed E-state index contributed by atoms with van der Waals surface area (Å²) in [5.74, 6) is 0. The predicted molar refractivity (Wildman–Crippen MR) is 124 cm³/mol. The molecule has 0 spiro atoms. The van der Waals surface area contributed by atoms with Crippen molar-refractivity contribution in [2.24, 2.45) is 0 Å². The second-order valence-corrected chi connectivity index (χ2v) is 7.49. The summed E-state index contributed by atoms with van der Waals surface area (Å²) in [5, 5.41) is 0. The van der Waals surface area contributed by atoms with Crippen LogP contribution in [0.1, 0.15) is 22.3 Å². The number of hydrogen-bond acceptors (Lipinski definition) is 2. The molecule has 0 amide bonds. The highest BCUT2D eigenvalue weighted by Gasteiger charge is 2.11. The first-order chi connectivity index (χ1) is 14.2. The van der Waals surface area contributed by atoms with E-state index in [4.69, 9.17) is 11.5 Å². The van der Waals surface area contributed by atoms with Crippen LogP contribution in [0.3, 0.4) is 0 Å². The summed E-state index contributed by atoms with van der Waals surface area (Å²) in [6.07, 6.45) is 2.78. The number of nitrogen functional groups attached to an aromatic ring is 2. The first kappa shape index (κ1) is 18.8. The Bertz CT molecular complexity index is 1090. The number of aryl methyl sites for hydroxylation is 2. The van der Waals surface area contributed by atoms with Gasteiger partial charge in [-0.05, 0) is 65.3 Å². The van der Waals surface area contributed by atoms with Gasteiger partial charge < -0.3 is 11.5 Å². The highest BCUT2D eigenvalue weighted by molar-refractivity contribution is 5.81. The number of anilines is 2. The quantitative estimate of drug-likeness (QED) is 0.411. The molecule has 0 aliphatic rings. The molecule has 4 rings (SSSR count). The Morgan fingerprint density at radius 2 is 1.21 bits per heavy atom. The van der Waals surface area contributed by atoms with E-state index in [0.717, 1.165) is 41.8 Å². The Kier molecular flexibility index (Phi) is 5.62. The number of hydrogen-bond donors (Lipinski definition) is 2. The average Bonchev–Trinajstić information content (AvgIpc) is 2.73. The third-order valence-electron chi connectivity index (χ3n) is 5.27. The summed E-state index contributed by atoms with van der Waals surface area (Å²) in [6.45, 7) is 0. The lowest BCUT2D eigenvalue weighted by atomic mass is 9.91. The molecule has 0 aliphatic heterocycles. The highest BCUT2D eigenvalue weighted by Crippen LogP contribution is 2.33. The van der Waals surface area contributed by atoms with Crippen molar-refractivity contribution in [3.63, 3.8) is 0 Å². The smallest absolute Gasteiger partial charge is 0.0396 e. The standard InChI is InChI=1S/C27H26N2/c28-25-18-22(15-14-20-8-3-1-4-9-20)17-24(19-25)27-23(12-7-13-26(27)29)16-21-10-5-2-6-11-21/h1-13,17-19H,14-16,28-29H2. The first-order valence-electron chi connectivity index (χ1n) is 10.0. The zero-order valence-electron chi connectivity index (χ0n) is 16.5. The maximum absolute atomic E-state index is 6.43. The van der Waals surface area contributed by atoms with Crippen LogP contribution in [-0.2, 0) is 19.3 Å². The van der Waals surface area contributed by atoms with Crippen LogP contribution in [0, 0.1) is 0 Å². The second kappa shape index (κ2) is 8.66. The van der Waals surface area contributed by atoms with Crippen LogP contribution >= 0.6 is 0 Å². The molecule has 4 aromatic carbocycles. The molecule has 0 aromatic heterocycles. The van der Waals surface area contributed by atoms with E-state index in [1.807, 2.05) is 24.3 Å². The normalized spacial score (nSPS) is 10.8. The maximum atomic E-state index is 6.43. The molecule has 144 valence electrons. The van der Waals surface area contributed by atoms with Crippen LogP contribution in [-0.4, -0.2) is 0 Å². The first-order valence-corrected chi connectivity index (χ1v) is 10.0. The topological polar surface area (TPSA) is 52.0 Å². The number of benzene rings is 4. The molecular formula is C27H26N2. The number of rotatable bonds is 6. The Hall–Kier alpha value is -3.52. The zero-order chi connectivity index (χ0) is 20.1. The second-order valence-electron chi connectivity index (χ2n) is 7.49. The van der Waals surface area contributed by atoms with E-state index in [2.05, 4.69) is 72.8 Å². The minimum Gasteiger partial charge on any atom is -0.399 e. The van der Waals surface area contributed by atoms with Gasteiger partial charge in [0.05, 0.1) is 0 Å². The van der Waals surface area contributed by atoms with E-state index in [0.29, 0.717) is 0 Å². The largest absolute Gasteiger partial charge is 0.399 e. The van der Waals surface area contributed by atoms with Crippen molar-refractivity contribution in [2.45, 2.75) is 19.3 Å². The fourth-order valence-corrected chi connectivity index (χ4v) is 3.88. The summed E-state index contributed by atoms with van der Waals surface area (Å²) >= 11 is 0. The van der Waals surface area contributed by atoms with Crippen LogP contribution in [0.5, 0.6) is 0 Å². The minimum atomic E-state index is 0.777. The molecule has 4 aromatic rings. The lowest BCUT2D eigenvalue weighted by Gasteiger charge is -2.15. The van der Waals surface area contributed by atoms with Gasteiger partial charge in [0.1, 0.15) is 0 Å². The van der Waals surface area contributed by atoms with Gasteiger partial charge in [0, 0.05) is 16.9 Å². The van der Waals surface area contributed by atoms with Crippen molar-refractivity contribution < 1.29 is 0 Å². The molecule has 0 saturated heterocycles. The fraction of sp³-hybridized carbons (Fsp3) is 0.111. The molecule has 0 unspecified atom stereocenters. The molecule has 4 N–H and O–H groups in total. The fourth-order valence-electron chi connectivity index (χ4n) is 3.88. The molecule has 0 radical (unpaired) electrons. The summed E-state index contributed by atoms with van der Waals surface area (Å²) in [7, 11) is 0. The van der Waals surface area contributed by atoms with Gasteiger partial charge in [-0.25, -0.2) is 0 Å². The van der Waals surface area contributed by atoms with E-state index in [1.165, 1.54) is 22.3 Å². The van der Waals surface area contributed by atoms with Gasteiger partial charge in [-0.15, -0.1) is 0 Å². The molecule has 2 heteroatoms. The SMILES string of the molecule is Nc1cc(CCc2ccccc2)cc(-c2c(N)cccc2Cc2ccccc2)c1. The summed E-state index contributed by atoms with van der Waals surface area (Å²) in [6, 6.07) is 33.5. The van der Waals surface area contributed by atoms with E-state index in [-0.39, 0.29) is 0 Å². The van der Waals surface area contributed by atoms with Crippen LogP contribution in [0.25, 0.3) is 11.1 Å². The van der Waals surface area contributed by atoms with Crippen LogP contribution < -0.4 is 11.5 Å². The lowest BCUT2D eigenvalue weighted by molar-refractivity contribution is 0.961. The summed E-state index contributed by atoms with van der Waals surface area (Å²) in [4.78, 5) is 0. The van der Waals surface area contributed by atoms with Gasteiger partial charge in [-0.2, -0.15) is 0 Å². The monoisotopic (exact) mass is 378 g/mol. The van der Waals surface area contributed by atoms with Crippen molar-refractivity contribution in [1.82, 2.24) is 0 Å². The zero-order valence-corrected chi connectivity index (χ0v) is 16.5. The van der Waals surface area contributed by atoms with Crippen LogP contribution in [0.4, 0.5) is 11.4 Å². The van der Waals surface area contributed by atoms with Gasteiger partial charge in [0.2, 0.25) is 0 Å². The van der Waals surface area contributed by atoms with E-state index < -0.39 is 0 Å². The van der Waals surface area contributed by atoms with Crippen molar-refractivity contribution in [3.05, 3.63) is 119 Å². The molecular weight excluding hydrogens is 352 g/mol. The Balaban J connectivity index is 1.66. The van der Waals surface area contributed by atoms with E-state index in [1.54, 1.807) is 0 Å². The van der Waals surface area contributed by atoms with E-state index in [9.17, 15) is 0 Å². The van der Waals surface area contributed by atoms with Crippen molar-refractivity contribution in [2.75, 3.05) is 11.5 Å². The lowest BCUT2D eigenvalue weighted by Crippen LogP contribution is -2.00. The molecule has 29 heavy (non-hydrogen) atoms. The molecule has 0 fully saturated rings. The third kappa shape index (κ3) is 4.67. The Morgan fingerprint density at radius 3 is 1.93 bits per heavy atom. The molecule has 0 aliphatic carbocycles.